The summed E-state index contributed by atoms with van der Waals surface area (Å²) in [4.78, 5) is 15.0. The SMILES string of the molecule is Cc1cc(Oc2nc(Cl)nc3nc[nH]c23)ccc1Cl. The molecule has 0 atom stereocenters. The van der Waals surface area contributed by atoms with Gasteiger partial charge in [-0.25, -0.2) is 4.98 Å². The average Bonchev–Trinajstić information content (AvgIpc) is 2.82. The number of ether oxygens (including phenoxy) is 1. The molecule has 2 aromatic heterocycles. The van der Waals surface area contributed by atoms with Gasteiger partial charge in [0.1, 0.15) is 11.3 Å². The minimum atomic E-state index is 0.0836. The third-order valence-electron chi connectivity index (χ3n) is 2.57. The highest BCUT2D eigenvalue weighted by atomic mass is 35.5. The van der Waals surface area contributed by atoms with Crippen LogP contribution in [0, 0.1) is 6.92 Å². The van der Waals surface area contributed by atoms with E-state index in [0.29, 0.717) is 27.8 Å². The second kappa shape index (κ2) is 4.68. The molecule has 0 bridgehead atoms. The van der Waals surface area contributed by atoms with E-state index in [4.69, 9.17) is 27.9 Å². The lowest BCUT2D eigenvalue weighted by Crippen LogP contribution is -1.93. The Hall–Kier alpha value is -1.85. The fourth-order valence-electron chi connectivity index (χ4n) is 1.65. The van der Waals surface area contributed by atoms with E-state index in [9.17, 15) is 0 Å². The Morgan fingerprint density at radius 1 is 1.21 bits per heavy atom. The van der Waals surface area contributed by atoms with Crippen molar-refractivity contribution in [2.75, 3.05) is 0 Å². The van der Waals surface area contributed by atoms with Crippen LogP contribution >= 0.6 is 23.2 Å². The normalized spacial score (nSPS) is 10.9. The smallest absolute Gasteiger partial charge is 0.250 e. The predicted molar refractivity (Wildman–Crippen MR) is 73.0 cm³/mol. The summed E-state index contributed by atoms with van der Waals surface area (Å²) in [5, 5.41) is 0.764. The molecule has 0 saturated heterocycles. The molecule has 0 radical (unpaired) electrons. The maximum Gasteiger partial charge on any atom is 0.250 e. The first kappa shape index (κ1) is 12.2. The number of aromatic nitrogens is 4. The molecule has 7 heteroatoms. The van der Waals surface area contributed by atoms with Crippen molar-refractivity contribution in [3.63, 3.8) is 0 Å². The molecule has 96 valence electrons. The molecule has 0 aliphatic heterocycles. The van der Waals surface area contributed by atoms with Crippen molar-refractivity contribution >= 4 is 34.4 Å². The Morgan fingerprint density at radius 3 is 2.84 bits per heavy atom. The van der Waals surface area contributed by atoms with Crippen molar-refractivity contribution in [1.29, 1.82) is 0 Å². The van der Waals surface area contributed by atoms with Gasteiger partial charge in [0, 0.05) is 5.02 Å². The van der Waals surface area contributed by atoms with Crippen molar-refractivity contribution in [3.8, 4) is 11.6 Å². The summed E-state index contributed by atoms with van der Waals surface area (Å²) in [6, 6.07) is 5.34. The van der Waals surface area contributed by atoms with E-state index in [2.05, 4.69) is 19.9 Å². The van der Waals surface area contributed by atoms with Crippen LogP contribution in [0.2, 0.25) is 10.3 Å². The van der Waals surface area contributed by atoms with E-state index in [-0.39, 0.29) is 5.28 Å². The summed E-state index contributed by atoms with van der Waals surface area (Å²) in [5.74, 6) is 0.946. The fraction of sp³-hybridized carbons (Fsp3) is 0.0833. The number of aryl methyl sites for hydroxylation is 1. The maximum atomic E-state index is 5.97. The zero-order chi connectivity index (χ0) is 13.4. The van der Waals surface area contributed by atoms with Crippen molar-refractivity contribution in [2.24, 2.45) is 0 Å². The number of rotatable bonds is 2. The van der Waals surface area contributed by atoms with Crippen LogP contribution in [-0.4, -0.2) is 19.9 Å². The summed E-state index contributed by atoms with van der Waals surface area (Å²) >= 11 is 11.8. The minimum absolute atomic E-state index is 0.0836. The summed E-state index contributed by atoms with van der Waals surface area (Å²) in [7, 11) is 0. The third kappa shape index (κ3) is 2.34. The molecule has 0 aliphatic carbocycles. The largest absolute Gasteiger partial charge is 0.437 e. The van der Waals surface area contributed by atoms with Crippen LogP contribution in [0.1, 0.15) is 5.56 Å². The second-order valence-electron chi connectivity index (χ2n) is 3.91. The standard InChI is InChI=1S/C12H8Cl2N4O/c1-6-4-7(2-3-8(6)13)19-11-9-10(16-5-15-9)17-12(14)18-11/h2-5H,1H3,(H,15,16,17,18). The molecule has 0 amide bonds. The third-order valence-corrected chi connectivity index (χ3v) is 3.16. The van der Waals surface area contributed by atoms with Gasteiger partial charge in [0.15, 0.2) is 5.65 Å². The number of fused-ring (bicyclic) bond motifs is 1. The minimum Gasteiger partial charge on any atom is -0.437 e. The van der Waals surface area contributed by atoms with Gasteiger partial charge in [-0.3, -0.25) is 0 Å². The number of hydrogen-bond donors (Lipinski definition) is 1. The van der Waals surface area contributed by atoms with Crippen LogP contribution in [0.4, 0.5) is 0 Å². The number of hydrogen-bond acceptors (Lipinski definition) is 4. The zero-order valence-corrected chi connectivity index (χ0v) is 11.3. The van der Waals surface area contributed by atoms with Crippen molar-refractivity contribution in [2.45, 2.75) is 6.92 Å². The van der Waals surface area contributed by atoms with E-state index in [1.165, 1.54) is 6.33 Å². The Kier molecular flexibility index (Phi) is 3.00. The van der Waals surface area contributed by atoms with Crippen molar-refractivity contribution in [3.05, 3.63) is 40.4 Å². The summed E-state index contributed by atoms with van der Waals surface area (Å²) in [6.45, 7) is 1.90. The monoisotopic (exact) mass is 294 g/mol. The van der Waals surface area contributed by atoms with Crippen LogP contribution < -0.4 is 4.74 Å². The molecule has 19 heavy (non-hydrogen) atoms. The van der Waals surface area contributed by atoms with Crippen molar-refractivity contribution in [1.82, 2.24) is 19.9 Å². The molecular weight excluding hydrogens is 287 g/mol. The Bertz CT molecular complexity index is 757. The molecule has 2 heterocycles. The number of nitrogens with one attached hydrogen (secondary N) is 1. The highest BCUT2D eigenvalue weighted by Crippen LogP contribution is 2.28. The molecule has 3 aromatic rings. The molecule has 0 spiro atoms. The van der Waals surface area contributed by atoms with E-state index >= 15 is 0 Å². The first-order chi connectivity index (χ1) is 9.13. The molecule has 1 aromatic carbocycles. The Balaban J connectivity index is 2.04. The molecule has 3 rings (SSSR count). The lowest BCUT2D eigenvalue weighted by molar-refractivity contribution is 0.467. The zero-order valence-electron chi connectivity index (χ0n) is 9.82. The summed E-state index contributed by atoms with van der Waals surface area (Å²) in [6.07, 6.45) is 1.51. The van der Waals surface area contributed by atoms with Gasteiger partial charge in [-0.15, -0.1) is 0 Å². The molecule has 0 aliphatic rings. The molecule has 0 unspecified atom stereocenters. The fourth-order valence-corrected chi connectivity index (χ4v) is 1.92. The molecule has 1 N–H and O–H groups in total. The maximum absolute atomic E-state index is 5.97. The van der Waals surface area contributed by atoms with E-state index < -0.39 is 0 Å². The van der Waals surface area contributed by atoms with Crippen LogP contribution in [0.15, 0.2) is 24.5 Å². The van der Waals surface area contributed by atoms with Gasteiger partial charge in [0.25, 0.3) is 0 Å². The first-order valence-corrected chi connectivity index (χ1v) is 6.20. The van der Waals surface area contributed by atoms with Gasteiger partial charge < -0.3 is 9.72 Å². The number of imidazole rings is 1. The van der Waals surface area contributed by atoms with Gasteiger partial charge in [-0.2, -0.15) is 9.97 Å². The van der Waals surface area contributed by atoms with Gasteiger partial charge in [-0.1, -0.05) is 11.6 Å². The highest BCUT2D eigenvalue weighted by Gasteiger charge is 2.11. The molecule has 0 fully saturated rings. The van der Waals surface area contributed by atoms with Gasteiger partial charge in [-0.05, 0) is 42.3 Å². The predicted octanol–water partition coefficient (Wildman–Crippen LogP) is 3.76. The number of H-pyrrole nitrogens is 1. The summed E-state index contributed by atoms with van der Waals surface area (Å²) < 4.78 is 5.70. The molecule has 5 nitrogen and oxygen atoms in total. The van der Waals surface area contributed by atoms with Gasteiger partial charge in [0.05, 0.1) is 6.33 Å². The molecular formula is C12H8Cl2N4O. The molecule has 0 saturated carbocycles. The second-order valence-corrected chi connectivity index (χ2v) is 4.66. The first-order valence-electron chi connectivity index (χ1n) is 5.44. The number of nitrogens with zero attached hydrogens (tertiary/aromatic N) is 3. The number of aromatic amines is 1. The number of benzene rings is 1. The van der Waals surface area contributed by atoms with E-state index in [1.807, 2.05) is 13.0 Å². The van der Waals surface area contributed by atoms with Gasteiger partial charge in [0.2, 0.25) is 11.2 Å². The quantitative estimate of drug-likeness (QED) is 0.731. The van der Waals surface area contributed by atoms with Crippen LogP contribution in [0.25, 0.3) is 11.2 Å². The van der Waals surface area contributed by atoms with E-state index in [0.717, 1.165) is 5.56 Å². The highest BCUT2D eigenvalue weighted by molar-refractivity contribution is 6.31. The lowest BCUT2D eigenvalue weighted by Gasteiger charge is -2.07. The van der Waals surface area contributed by atoms with E-state index in [1.54, 1.807) is 12.1 Å². The van der Waals surface area contributed by atoms with Crippen molar-refractivity contribution < 1.29 is 4.74 Å². The van der Waals surface area contributed by atoms with Crippen LogP contribution in [0.3, 0.4) is 0 Å². The average molecular weight is 295 g/mol. The number of halogens is 2. The van der Waals surface area contributed by atoms with Crippen LogP contribution in [0.5, 0.6) is 11.6 Å². The Labute approximate surface area is 118 Å². The topological polar surface area (TPSA) is 63.7 Å². The lowest BCUT2D eigenvalue weighted by atomic mass is 10.2. The Morgan fingerprint density at radius 2 is 2.05 bits per heavy atom. The summed E-state index contributed by atoms with van der Waals surface area (Å²) in [5.41, 5.74) is 1.97. The van der Waals surface area contributed by atoms with Crippen LogP contribution in [-0.2, 0) is 0 Å². The van der Waals surface area contributed by atoms with Gasteiger partial charge >= 0.3 is 0 Å².